The summed E-state index contributed by atoms with van der Waals surface area (Å²) in [7, 11) is 0. The van der Waals surface area contributed by atoms with Gasteiger partial charge in [-0.15, -0.1) is 0 Å². The van der Waals surface area contributed by atoms with Crippen molar-refractivity contribution < 1.29 is 0 Å². The van der Waals surface area contributed by atoms with Crippen molar-refractivity contribution in [3.05, 3.63) is 95.1 Å². The summed E-state index contributed by atoms with van der Waals surface area (Å²) in [6.45, 7) is 4.28. The summed E-state index contributed by atoms with van der Waals surface area (Å²) in [6, 6.07) is 17.9. The maximum absolute atomic E-state index is 2.34. The highest BCUT2D eigenvalue weighted by atomic mass is 14.3. The van der Waals surface area contributed by atoms with Gasteiger partial charge in [-0.1, -0.05) is 84.0 Å². The van der Waals surface area contributed by atoms with Crippen LogP contribution in [0.25, 0.3) is 0 Å². The Morgan fingerprint density at radius 1 is 0.700 bits per heavy atom. The van der Waals surface area contributed by atoms with Crippen molar-refractivity contribution >= 4 is 0 Å². The van der Waals surface area contributed by atoms with Crippen LogP contribution in [0.1, 0.15) is 28.7 Å². The van der Waals surface area contributed by atoms with Crippen LogP contribution in [0.4, 0.5) is 0 Å². The van der Waals surface area contributed by atoms with Gasteiger partial charge in [0.05, 0.1) is 0 Å². The number of allylic oxidation sites excluding steroid dienone is 4. The van der Waals surface area contributed by atoms with Crippen molar-refractivity contribution in [1.29, 1.82) is 0 Å². The predicted molar refractivity (Wildman–Crippen MR) is 86.0 cm³/mol. The standard InChI is InChI=1S/C20H20/c1-16-6-10-18(11-7-16)20(14-4-3-5-15-20)19-12-8-17(2)9-13-19/h3-14H,15H2,1-2H3. The van der Waals surface area contributed by atoms with Crippen LogP contribution in [0.2, 0.25) is 0 Å². The summed E-state index contributed by atoms with van der Waals surface area (Å²) in [6.07, 6.45) is 9.93. The van der Waals surface area contributed by atoms with Crippen molar-refractivity contribution in [1.82, 2.24) is 0 Å². The zero-order valence-corrected chi connectivity index (χ0v) is 12.1. The van der Waals surface area contributed by atoms with E-state index in [2.05, 4.69) is 86.7 Å². The summed E-state index contributed by atoms with van der Waals surface area (Å²) in [5.41, 5.74) is 5.34. The first-order chi connectivity index (χ1) is 9.71. The Morgan fingerprint density at radius 3 is 1.60 bits per heavy atom. The normalized spacial score (nSPS) is 16.3. The average molecular weight is 260 g/mol. The van der Waals surface area contributed by atoms with E-state index in [4.69, 9.17) is 0 Å². The van der Waals surface area contributed by atoms with Gasteiger partial charge in [-0.25, -0.2) is 0 Å². The molecular weight excluding hydrogens is 240 g/mol. The molecule has 0 fully saturated rings. The molecule has 2 aromatic rings. The highest BCUT2D eigenvalue weighted by Gasteiger charge is 2.31. The number of hydrogen-bond donors (Lipinski definition) is 0. The van der Waals surface area contributed by atoms with E-state index in [9.17, 15) is 0 Å². The monoisotopic (exact) mass is 260 g/mol. The van der Waals surface area contributed by atoms with E-state index < -0.39 is 0 Å². The fraction of sp³-hybridized carbons (Fsp3) is 0.200. The first-order valence-electron chi connectivity index (χ1n) is 7.19. The van der Waals surface area contributed by atoms with Gasteiger partial charge < -0.3 is 0 Å². The largest absolute Gasteiger partial charge is 0.0830 e. The van der Waals surface area contributed by atoms with Crippen LogP contribution in [0, 0.1) is 13.8 Å². The smallest absolute Gasteiger partial charge is 0.0419 e. The number of aryl methyl sites for hydroxylation is 2. The van der Waals surface area contributed by atoms with Crippen molar-refractivity contribution in [3.63, 3.8) is 0 Å². The third-order valence-electron chi connectivity index (χ3n) is 4.20. The van der Waals surface area contributed by atoms with E-state index in [-0.39, 0.29) is 5.41 Å². The van der Waals surface area contributed by atoms with E-state index in [1.54, 1.807) is 0 Å². The van der Waals surface area contributed by atoms with Gasteiger partial charge in [0, 0.05) is 5.41 Å². The molecule has 0 saturated carbocycles. The molecular formula is C20H20. The minimum Gasteiger partial charge on any atom is -0.0830 e. The molecule has 0 radical (unpaired) electrons. The van der Waals surface area contributed by atoms with Crippen LogP contribution < -0.4 is 0 Å². The Morgan fingerprint density at radius 2 is 1.20 bits per heavy atom. The van der Waals surface area contributed by atoms with Gasteiger partial charge in [0.15, 0.2) is 0 Å². The second-order valence-electron chi connectivity index (χ2n) is 5.69. The van der Waals surface area contributed by atoms with Crippen LogP contribution in [0.5, 0.6) is 0 Å². The molecule has 20 heavy (non-hydrogen) atoms. The van der Waals surface area contributed by atoms with Gasteiger partial charge in [0.25, 0.3) is 0 Å². The molecule has 0 saturated heterocycles. The van der Waals surface area contributed by atoms with Crippen molar-refractivity contribution in [2.75, 3.05) is 0 Å². The lowest BCUT2D eigenvalue weighted by Gasteiger charge is -2.33. The summed E-state index contributed by atoms with van der Waals surface area (Å²) >= 11 is 0. The van der Waals surface area contributed by atoms with Crippen molar-refractivity contribution in [2.24, 2.45) is 0 Å². The fourth-order valence-corrected chi connectivity index (χ4v) is 2.92. The molecule has 0 bridgehead atoms. The van der Waals surface area contributed by atoms with Crippen LogP contribution >= 0.6 is 0 Å². The first kappa shape index (κ1) is 12.9. The van der Waals surface area contributed by atoms with Gasteiger partial charge in [0.2, 0.25) is 0 Å². The van der Waals surface area contributed by atoms with E-state index in [1.165, 1.54) is 22.3 Å². The Hall–Kier alpha value is -2.08. The first-order valence-corrected chi connectivity index (χ1v) is 7.19. The van der Waals surface area contributed by atoms with Gasteiger partial charge in [0.1, 0.15) is 0 Å². The predicted octanol–water partition coefficient (Wildman–Crippen LogP) is 5.11. The fourth-order valence-electron chi connectivity index (χ4n) is 2.92. The molecule has 0 atom stereocenters. The second kappa shape index (κ2) is 5.13. The van der Waals surface area contributed by atoms with Crippen molar-refractivity contribution in [3.8, 4) is 0 Å². The minimum atomic E-state index is -0.0177. The molecule has 3 rings (SSSR count). The average Bonchev–Trinajstić information content (AvgIpc) is 2.49. The van der Waals surface area contributed by atoms with Crippen LogP contribution in [-0.2, 0) is 5.41 Å². The van der Waals surface area contributed by atoms with Crippen molar-refractivity contribution in [2.45, 2.75) is 25.7 Å². The molecule has 100 valence electrons. The molecule has 0 heterocycles. The van der Waals surface area contributed by atoms with Crippen LogP contribution in [0.15, 0.2) is 72.8 Å². The zero-order chi connectivity index (χ0) is 14.0. The second-order valence-corrected chi connectivity index (χ2v) is 5.69. The zero-order valence-electron chi connectivity index (χ0n) is 12.1. The number of rotatable bonds is 2. The molecule has 0 heteroatoms. The van der Waals surface area contributed by atoms with Gasteiger partial charge in [-0.3, -0.25) is 0 Å². The highest BCUT2D eigenvalue weighted by Crippen LogP contribution is 2.39. The van der Waals surface area contributed by atoms with Crippen LogP contribution in [0.3, 0.4) is 0 Å². The topological polar surface area (TPSA) is 0 Å². The molecule has 0 nitrogen and oxygen atoms in total. The summed E-state index contributed by atoms with van der Waals surface area (Å²) in [5.74, 6) is 0. The quantitative estimate of drug-likeness (QED) is 0.704. The summed E-state index contributed by atoms with van der Waals surface area (Å²) in [5, 5.41) is 0. The third-order valence-corrected chi connectivity index (χ3v) is 4.20. The molecule has 2 aromatic carbocycles. The molecule has 0 amide bonds. The van der Waals surface area contributed by atoms with Crippen LogP contribution in [-0.4, -0.2) is 0 Å². The van der Waals surface area contributed by atoms with Gasteiger partial charge in [-0.2, -0.15) is 0 Å². The molecule has 0 N–H and O–H groups in total. The van der Waals surface area contributed by atoms with E-state index in [0.717, 1.165) is 6.42 Å². The maximum atomic E-state index is 2.34. The SMILES string of the molecule is Cc1ccc(C2(c3ccc(C)cc3)C=CC=CC2)cc1. The Labute approximate surface area is 121 Å². The molecule has 1 aliphatic rings. The summed E-state index contributed by atoms with van der Waals surface area (Å²) in [4.78, 5) is 0. The highest BCUT2D eigenvalue weighted by molar-refractivity contribution is 5.48. The minimum absolute atomic E-state index is 0.0177. The molecule has 0 aromatic heterocycles. The summed E-state index contributed by atoms with van der Waals surface area (Å²) < 4.78 is 0. The molecule has 0 aliphatic heterocycles. The Bertz CT molecular complexity index is 594. The van der Waals surface area contributed by atoms with E-state index >= 15 is 0 Å². The van der Waals surface area contributed by atoms with E-state index in [0.29, 0.717) is 0 Å². The lowest BCUT2D eigenvalue weighted by Crippen LogP contribution is -2.25. The lowest BCUT2D eigenvalue weighted by atomic mass is 9.70. The Balaban J connectivity index is 2.14. The molecule has 0 spiro atoms. The number of benzene rings is 2. The molecule has 1 aliphatic carbocycles. The third kappa shape index (κ3) is 2.22. The molecule has 0 unspecified atom stereocenters. The van der Waals surface area contributed by atoms with Gasteiger partial charge >= 0.3 is 0 Å². The maximum Gasteiger partial charge on any atom is 0.0419 e. The lowest BCUT2D eigenvalue weighted by molar-refractivity contribution is 0.647. The van der Waals surface area contributed by atoms with Gasteiger partial charge in [-0.05, 0) is 31.4 Å². The number of hydrogen-bond acceptors (Lipinski definition) is 0. The van der Waals surface area contributed by atoms with E-state index in [1.807, 2.05) is 0 Å². The Kier molecular flexibility index (Phi) is 3.31.